The van der Waals surface area contributed by atoms with Crippen LogP contribution >= 0.6 is 23.1 Å². The molecule has 0 aliphatic rings. The Labute approximate surface area is 112 Å². The molecule has 1 aromatic carbocycles. The van der Waals surface area contributed by atoms with Gasteiger partial charge in [-0.2, -0.15) is 0 Å². The Balaban J connectivity index is 2.10. The lowest BCUT2D eigenvalue weighted by molar-refractivity contribution is -0.133. The SMILES string of the molecule is COc1ccc(-c2nnc(SCC(=O)O)s2)cc1. The maximum atomic E-state index is 10.4. The number of carboxylic acid groups (broad SMARTS) is 1. The van der Waals surface area contributed by atoms with Crippen molar-refractivity contribution in [1.82, 2.24) is 10.2 Å². The summed E-state index contributed by atoms with van der Waals surface area (Å²) < 4.78 is 5.73. The van der Waals surface area contributed by atoms with Crippen molar-refractivity contribution in [2.24, 2.45) is 0 Å². The van der Waals surface area contributed by atoms with Gasteiger partial charge in [0.05, 0.1) is 12.9 Å². The van der Waals surface area contributed by atoms with E-state index in [2.05, 4.69) is 10.2 Å². The first-order chi connectivity index (χ1) is 8.69. The van der Waals surface area contributed by atoms with Gasteiger partial charge in [-0.25, -0.2) is 0 Å². The van der Waals surface area contributed by atoms with Gasteiger partial charge >= 0.3 is 5.97 Å². The Morgan fingerprint density at radius 3 is 2.72 bits per heavy atom. The van der Waals surface area contributed by atoms with Crippen molar-refractivity contribution in [2.75, 3.05) is 12.9 Å². The Kier molecular flexibility index (Phi) is 4.16. The van der Waals surface area contributed by atoms with Crippen LogP contribution in [0.4, 0.5) is 0 Å². The molecule has 0 aliphatic carbocycles. The second kappa shape index (κ2) is 5.83. The van der Waals surface area contributed by atoms with Gasteiger partial charge in [0.25, 0.3) is 0 Å². The lowest BCUT2D eigenvalue weighted by Gasteiger charge is -1.99. The number of thioether (sulfide) groups is 1. The Morgan fingerprint density at radius 2 is 2.11 bits per heavy atom. The fourth-order valence-corrected chi connectivity index (χ4v) is 2.82. The van der Waals surface area contributed by atoms with Crippen molar-refractivity contribution in [3.63, 3.8) is 0 Å². The van der Waals surface area contributed by atoms with Crippen molar-refractivity contribution in [1.29, 1.82) is 0 Å². The predicted octanol–water partition coefficient (Wildman–Crippen LogP) is 2.39. The molecule has 0 spiro atoms. The Hall–Kier alpha value is -1.60. The molecule has 18 heavy (non-hydrogen) atoms. The maximum Gasteiger partial charge on any atom is 0.313 e. The number of hydrogen-bond donors (Lipinski definition) is 1. The second-order valence-electron chi connectivity index (χ2n) is 3.28. The fourth-order valence-electron chi connectivity index (χ4n) is 1.24. The standard InChI is InChI=1S/C11H10N2O3S2/c1-16-8-4-2-7(3-5-8)10-12-13-11(18-10)17-6-9(14)15/h2-5H,6H2,1H3,(H,14,15). The summed E-state index contributed by atoms with van der Waals surface area (Å²) in [5.74, 6) is -0.0815. The van der Waals surface area contributed by atoms with Crippen LogP contribution in [0.25, 0.3) is 10.6 Å². The molecule has 0 fully saturated rings. The molecule has 0 atom stereocenters. The van der Waals surface area contributed by atoms with Crippen molar-refractivity contribution in [2.45, 2.75) is 4.34 Å². The molecule has 0 amide bonds. The minimum Gasteiger partial charge on any atom is -0.497 e. The summed E-state index contributed by atoms with van der Waals surface area (Å²) in [6.07, 6.45) is 0. The van der Waals surface area contributed by atoms with Crippen molar-refractivity contribution in [3.05, 3.63) is 24.3 Å². The van der Waals surface area contributed by atoms with E-state index in [-0.39, 0.29) is 5.75 Å². The molecule has 0 saturated carbocycles. The van der Waals surface area contributed by atoms with Gasteiger partial charge in [0, 0.05) is 5.56 Å². The number of carbonyl (C=O) groups is 1. The van der Waals surface area contributed by atoms with Crippen LogP contribution < -0.4 is 4.74 Å². The monoisotopic (exact) mass is 282 g/mol. The van der Waals surface area contributed by atoms with E-state index in [0.29, 0.717) is 4.34 Å². The summed E-state index contributed by atoms with van der Waals surface area (Å²) in [6, 6.07) is 7.48. The fraction of sp³-hybridized carbons (Fsp3) is 0.182. The van der Waals surface area contributed by atoms with Crippen LogP contribution in [0.5, 0.6) is 5.75 Å². The average molecular weight is 282 g/mol. The van der Waals surface area contributed by atoms with Crippen LogP contribution in [-0.4, -0.2) is 34.1 Å². The van der Waals surface area contributed by atoms with Gasteiger partial charge in [-0.05, 0) is 24.3 Å². The summed E-state index contributed by atoms with van der Waals surface area (Å²) in [5.41, 5.74) is 0.940. The number of nitrogens with zero attached hydrogens (tertiary/aromatic N) is 2. The molecule has 5 nitrogen and oxygen atoms in total. The highest BCUT2D eigenvalue weighted by Crippen LogP contribution is 2.30. The molecule has 0 unspecified atom stereocenters. The summed E-state index contributed by atoms with van der Waals surface area (Å²) in [6.45, 7) is 0. The van der Waals surface area contributed by atoms with E-state index in [0.717, 1.165) is 16.3 Å². The Bertz CT molecular complexity index is 539. The number of rotatable bonds is 5. The third-order valence-electron chi connectivity index (χ3n) is 2.06. The highest BCUT2D eigenvalue weighted by atomic mass is 32.2. The number of methoxy groups -OCH3 is 1. The number of ether oxygens (including phenoxy) is 1. The zero-order valence-corrected chi connectivity index (χ0v) is 11.1. The topological polar surface area (TPSA) is 72.3 Å². The number of benzene rings is 1. The van der Waals surface area contributed by atoms with Crippen molar-refractivity contribution in [3.8, 4) is 16.3 Å². The number of aliphatic carboxylic acids is 1. The zero-order chi connectivity index (χ0) is 13.0. The largest absolute Gasteiger partial charge is 0.497 e. The minimum atomic E-state index is -0.860. The maximum absolute atomic E-state index is 10.4. The van der Waals surface area contributed by atoms with Gasteiger partial charge < -0.3 is 9.84 Å². The molecule has 0 saturated heterocycles. The van der Waals surface area contributed by atoms with Gasteiger partial charge in [0.15, 0.2) is 4.34 Å². The van der Waals surface area contributed by atoms with Gasteiger partial charge in [-0.15, -0.1) is 10.2 Å². The van der Waals surface area contributed by atoms with Crippen LogP contribution in [0.15, 0.2) is 28.6 Å². The summed E-state index contributed by atoms with van der Waals surface area (Å²) in [7, 11) is 1.61. The third-order valence-corrected chi connectivity index (χ3v) is 4.15. The Morgan fingerprint density at radius 1 is 1.39 bits per heavy atom. The van der Waals surface area contributed by atoms with E-state index >= 15 is 0 Å². The highest BCUT2D eigenvalue weighted by Gasteiger charge is 2.08. The van der Waals surface area contributed by atoms with Gasteiger partial charge in [-0.1, -0.05) is 23.1 Å². The average Bonchev–Trinajstić information content (AvgIpc) is 2.85. The molecule has 0 bridgehead atoms. The molecule has 1 heterocycles. The van der Waals surface area contributed by atoms with Crippen LogP contribution in [0.2, 0.25) is 0 Å². The number of aromatic nitrogens is 2. The van der Waals surface area contributed by atoms with Crippen LogP contribution in [0.1, 0.15) is 0 Å². The van der Waals surface area contributed by atoms with Gasteiger partial charge in [0.1, 0.15) is 10.8 Å². The van der Waals surface area contributed by atoms with E-state index < -0.39 is 5.97 Å². The molecule has 1 N–H and O–H groups in total. The highest BCUT2D eigenvalue weighted by molar-refractivity contribution is 8.01. The molecular formula is C11H10N2O3S2. The molecule has 2 rings (SSSR count). The van der Waals surface area contributed by atoms with Gasteiger partial charge in [-0.3, -0.25) is 4.79 Å². The molecule has 0 radical (unpaired) electrons. The predicted molar refractivity (Wildman–Crippen MR) is 70.3 cm³/mol. The van der Waals surface area contributed by atoms with Crippen molar-refractivity contribution < 1.29 is 14.6 Å². The molecule has 0 aliphatic heterocycles. The quantitative estimate of drug-likeness (QED) is 0.849. The molecule has 1 aromatic heterocycles. The summed E-state index contributed by atoms with van der Waals surface area (Å²) >= 11 is 2.55. The lowest BCUT2D eigenvalue weighted by Crippen LogP contribution is -1.96. The molecule has 7 heteroatoms. The van der Waals surface area contributed by atoms with Crippen LogP contribution in [-0.2, 0) is 4.79 Å². The minimum absolute atomic E-state index is 0.00273. The van der Waals surface area contributed by atoms with E-state index in [9.17, 15) is 4.79 Å². The molecule has 94 valence electrons. The van der Waals surface area contributed by atoms with Crippen LogP contribution in [0.3, 0.4) is 0 Å². The third kappa shape index (κ3) is 3.21. The van der Waals surface area contributed by atoms with E-state index in [1.165, 1.54) is 23.1 Å². The first-order valence-corrected chi connectivity index (χ1v) is 6.82. The van der Waals surface area contributed by atoms with E-state index in [4.69, 9.17) is 9.84 Å². The molecular weight excluding hydrogens is 272 g/mol. The van der Waals surface area contributed by atoms with E-state index in [1.807, 2.05) is 24.3 Å². The first-order valence-electron chi connectivity index (χ1n) is 5.01. The second-order valence-corrected chi connectivity index (χ2v) is 5.48. The number of carboxylic acids is 1. The van der Waals surface area contributed by atoms with Crippen LogP contribution in [0, 0.1) is 0 Å². The summed E-state index contributed by atoms with van der Waals surface area (Å²) in [4.78, 5) is 10.4. The lowest BCUT2D eigenvalue weighted by atomic mass is 10.2. The first kappa shape index (κ1) is 12.8. The zero-order valence-electron chi connectivity index (χ0n) is 9.49. The van der Waals surface area contributed by atoms with Gasteiger partial charge in [0.2, 0.25) is 0 Å². The smallest absolute Gasteiger partial charge is 0.313 e. The summed E-state index contributed by atoms with van der Waals surface area (Å²) in [5, 5.41) is 17.3. The molecule has 2 aromatic rings. The normalized spacial score (nSPS) is 10.3. The van der Waals surface area contributed by atoms with Crippen molar-refractivity contribution >= 4 is 29.1 Å². The van der Waals surface area contributed by atoms with E-state index in [1.54, 1.807) is 7.11 Å². The number of hydrogen-bond acceptors (Lipinski definition) is 6.